The van der Waals surface area contributed by atoms with Gasteiger partial charge < -0.3 is 19.5 Å². The van der Waals surface area contributed by atoms with Crippen LogP contribution in [0, 0.1) is 13.8 Å². The van der Waals surface area contributed by atoms with E-state index in [0.717, 1.165) is 28.0 Å². The van der Waals surface area contributed by atoms with Crippen LogP contribution in [0.3, 0.4) is 0 Å². The first-order chi connectivity index (χ1) is 22.7. The lowest BCUT2D eigenvalue weighted by molar-refractivity contribution is -0.118. The van der Waals surface area contributed by atoms with Gasteiger partial charge in [-0.05, 0) is 105 Å². The SMILES string of the molecule is CCOc1cc(C=Nn2c(-c3cc(C(C)C)c(OCC)cc3C)nc3ccccc3c2=O)ccc1OCC(=O)Nc1ccc(C)cc1. The summed E-state index contributed by atoms with van der Waals surface area (Å²) < 4.78 is 18.9. The molecular weight excluding hydrogens is 592 g/mol. The van der Waals surface area contributed by atoms with Crippen LogP contribution in [-0.4, -0.2) is 41.6 Å². The van der Waals surface area contributed by atoms with E-state index in [1.807, 2.05) is 82.3 Å². The fourth-order valence-corrected chi connectivity index (χ4v) is 5.17. The van der Waals surface area contributed by atoms with E-state index < -0.39 is 0 Å². The molecule has 1 aromatic heterocycles. The molecule has 0 aliphatic rings. The van der Waals surface area contributed by atoms with Gasteiger partial charge in [-0.2, -0.15) is 9.78 Å². The zero-order valence-corrected chi connectivity index (χ0v) is 27.7. The summed E-state index contributed by atoms with van der Waals surface area (Å²) in [4.78, 5) is 31.3. The van der Waals surface area contributed by atoms with Crippen molar-refractivity contribution >= 4 is 28.7 Å². The summed E-state index contributed by atoms with van der Waals surface area (Å²) in [5, 5.41) is 7.95. The van der Waals surface area contributed by atoms with Gasteiger partial charge in [0.25, 0.3) is 11.5 Å². The molecule has 0 saturated carbocycles. The fraction of sp³-hybridized carbons (Fsp3) is 0.263. The van der Waals surface area contributed by atoms with Crippen molar-refractivity contribution in [2.75, 3.05) is 25.1 Å². The van der Waals surface area contributed by atoms with Crippen molar-refractivity contribution in [3.05, 3.63) is 111 Å². The molecule has 1 amide bonds. The molecule has 1 N–H and O–H groups in total. The summed E-state index contributed by atoms with van der Waals surface area (Å²) in [5.41, 5.74) is 5.50. The number of hydrogen-bond donors (Lipinski definition) is 1. The van der Waals surface area contributed by atoms with Gasteiger partial charge in [0.1, 0.15) is 5.75 Å². The van der Waals surface area contributed by atoms with Crippen molar-refractivity contribution in [2.45, 2.75) is 47.5 Å². The summed E-state index contributed by atoms with van der Waals surface area (Å²) >= 11 is 0. The number of nitrogens with zero attached hydrogens (tertiary/aromatic N) is 3. The molecule has 5 rings (SSSR count). The Morgan fingerprint density at radius 2 is 1.62 bits per heavy atom. The third-order valence-corrected chi connectivity index (χ3v) is 7.56. The minimum absolute atomic E-state index is 0.187. The van der Waals surface area contributed by atoms with Crippen LogP contribution in [0.5, 0.6) is 17.2 Å². The molecule has 4 aromatic carbocycles. The van der Waals surface area contributed by atoms with E-state index >= 15 is 0 Å². The number of ether oxygens (including phenoxy) is 3. The number of aryl methyl sites for hydroxylation is 2. The second kappa shape index (κ2) is 14.8. The zero-order valence-electron chi connectivity index (χ0n) is 27.7. The number of amides is 1. The first-order valence-corrected chi connectivity index (χ1v) is 15.8. The molecule has 9 nitrogen and oxygen atoms in total. The third kappa shape index (κ3) is 7.69. The molecule has 0 bridgehead atoms. The van der Waals surface area contributed by atoms with Gasteiger partial charge in [0.2, 0.25) is 0 Å². The number of carbonyl (C=O) groups is 1. The van der Waals surface area contributed by atoms with Crippen LogP contribution in [0.1, 0.15) is 55.9 Å². The highest BCUT2D eigenvalue weighted by Gasteiger charge is 2.19. The fourth-order valence-electron chi connectivity index (χ4n) is 5.17. The number of hydrogen-bond acceptors (Lipinski definition) is 7. The smallest absolute Gasteiger partial charge is 0.282 e. The minimum Gasteiger partial charge on any atom is -0.494 e. The lowest BCUT2D eigenvalue weighted by Gasteiger charge is -2.18. The molecule has 0 unspecified atom stereocenters. The molecule has 0 saturated heterocycles. The Morgan fingerprint density at radius 3 is 2.34 bits per heavy atom. The molecule has 0 fully saturated rings. The van der Waals surface area contributed by atoms with Crippen molar-refractivity contribution in [1.29, 1.82) is 0 Å². The Labute approximate surface area is 274 Å². The van der Waals surface area contributed by atoms with Gasteiger partial charge in [-0.3, -0.25) is 9.59 Å². The Balaban J connectivity index is 1.48. The highest BCUT2D eigenvalue weighted by atomic mass is 16.5. The zero-order chi connectivity index (χ0) is 33.5. The lowest BCUT2D eigenvalue weighted by Crippen LogP contribution is -2.21. The van der Waals surface area contributed by atoms with Crippen LogP contribution in [0.4, 0.5) is 5.69 Å². The summed E-state index contributed by atoms with van der Waals surface area (Å²) in [6, 6.07) is 24.1. The highest BCUT2D eigenvalue weighted by Crippen LogP contribution is 2.34. The summed E-state index contributed by atoms with van der Waals surface area (Å²) in [6.07, 6.45) is 1.59. The first kappa shape index (κ1) is 32.9. The summed E-state index contributed by atoms with van der Waals surface area (Å²) in [6.45, 7) is 12.8. The Bertz CT molecular complexity index is 1980. The van der Waals surface area contributed by atoms with Crippen LogP contribution >= 0.6 is 0 Å². The van der Waals surface area contributed by atoms with Crippen molar-refractivity contribution in [3.63, 3.8) is 0 Å². The van der Waals surface area contributed by atoms with Gasteiger partial charge in [0, 0.05) is 11.3 Å². The number of carbonyl (C=O) groups excluding carboxylic acids is 1. The van der Waals surface area contributed by atoms with Crippen molar-refractivity contribution in [3.8, 4) is 28.6 Å². The van der Waals surface area contributed by atoms with E-state index in [1.165, 1.54) is 4.68 Å². The average Bonchev–Trinajstić information content (AvgIpc) is 3.05. The van der Waals surface area contributed by atoms with Gasteiger partial charge >= 0.3 is 0 Å². The quantitative estimate of drug-likeness (QED) is 0.143. The van der Waals surface area contributed by atoms with Crippen LogP contribution < -0.4 is 25.1 Å². The predicted octanol–water partition coefficient (Wildman–Crippen LogP) is 7.50. The Kier molecular flexibility index (Phi) is 10.3. The summed E-state index contributed by atoms with van der Waals surface area (Å²) in [5.74, 6) is 2.01. The van der Waals surface area contributed by atoms with Crippen molar-refractivity contribution < 1.29 is 19.0 Å². The van der Waals surface area contributed by atoms with Crippen LogP contribution in [0.2, 0.25) is 0 Å². The first-order valence-electron chi connectivity index (χ1n) is 15.8. The maximum absolute atomic E-state index is 13.9. The molecule has 9 heteroatoms. The van der Waals surface area contributed by atoms with Crippen LogP contribution in [-0.2, 0) is 4.79 Å². The number of fused-ring (bicyclic) bond motifs is 1. The average molecular weight is 633 g/mol. The van der Waals surface area contributed by atoms with E-state index in [1.54, 1.807) is 30.5 Å². The predicted molar refractivity (Wildman–Crippen MR) is 187 cm³/mol. The van der Waals surface area contributed by atoms with E-state index in [2.05, 4.69) is 24.3 Å². The molecule has 0 spiro atoms. The Morgan fingerprint density at radius 1 is 0.894 bits per heavy atom. The molecule has 242 valence electrons. The van der Waals surface area contributed by atoms with E-state index in [-0.39, 0.29) is 24.0 Å². The molecule has 5 aromatic rings. The molecule has 1 heterocycles. The van der Waals surface area contributed by atoms with Gasteiger partial charge in [-0.25, -0.2) is 4.98 Å². The largest absolute Gasteiger partial charge is 0.494 e. The van der Waals surface area contributed by atoms with E-state index in [9.17, 15) is 9.59 Å². The minimum atomic E-state index is -0.289. The Hall–Kier alpha value is -5.44. The molecule has 0 radical (unpaired) electrons. The highest BCUT2D eigenvalue weighted by molar-refractivity contribution is 5.92. The van der Waals surface area contributed by atoms with Gasteiger partial charge in [0.05, 0.1) is 30.3 Å². The standard InChI is InChI=1S/C38H40N4O5/c1-7-45-34-19-26(6)31(21-30(34)24(3)4)37-41-32-12-10-9-11-29(32)38(44)42(37)39-22-27-15-18-33(35(20-27)46-8-2)47-23-36(43)40-28-16-13-25(5)14-17-28/h9-22,24H,7-8,23H2,1-6H3,(H,40,43). The van der Waals surface area contributed by atoms with Crippen molar-refractivity contribution in [2.24, 2.45) is 5.10 Å². The number of nitrogens with one attached hydrogen (secondary N) is 1. The monoisotopic (exact) mass is 632 g/mol. The lowest BCUT2D eigenvalue weighted by atomic mass is 9.96. The third-order valence-electron chi connectivity index (χ3n) is 7.56. The molecule has 0 aliphatic heterocycles. The maximum atomic E-state index is 13.9. The molecule has 0 aliphatic carbocycles. The van der Waals surface area contributed by atoms with Crippen LogP contribution in [0.15, 0.2) is 88.8 Å². The van der Waals surface area contributed by atoms with Gasteiger partial charge in [0.15, 0.2) is 23.9 Å². The number of rotatable bonds is 12. The maximum Gasteiger partial charge on any atom is 0.282 e. The topological polar surface area (TPSA) is 104 Å². The normalized spacial score (nSPS) is 11.3. The second-order valence-corrected chi connectivity index (χ2v) is 11.4. The summed E-state index contributed by atoms with van der Waals surface area (Å²) in [7, 11) is 0. The van der Waals surface area contributed by atoms with Gasteiger partial charge in [-0.1, -0.05) is 43.7 Å². The van der Waals surface area contributed by atoms with Crippen molar-refractivity contribution in [1.82, 2.24) is 9.66 Å². The number of anilines is 1. The number of aromatic nitrogens is 2. The van der Waals surface area contributed by atoms with E-state index in [0.29, 0.717) is 52.7 Å². The van der Waals surface area contributed by atoms with E-state index in [4.69, 9.17) is 19.2 Å². The van der Waals surface area contributed by atoms with Crippen LogP contribution in [0.25, 0.3) is 22.3 Å². The van der Waals surface area contributed by atoms with Gasteiger partial charge in [-0.15, -0.1) is 0 Å². The molecule has 0 atom stereocenters. The number of para-hydroxylation sites is 1. The second-order valence-electron chi connectivity index (χ2n) is 11.4. The molecular formula is C38H40N4O5. The molecule has 47 heavy (non-hydrogen) atoms. The number of benzene rings is 4.